The molecule has 4 N–H and O–H groups in total. The molecule has 1 saturated heterocycles. The highest BCUT2D eigenvalue weighted by molar-refractivity contribution is 5.82. The third-order valence-corrected chi connectivity index (χ3v) is 5.08. The number of nitrogens with one attached hydrogen (secondary N) is 1. The van der Waals surface area contributed by atoms with Crippen LogP contribution in [-0.4, -0.2) is 74.0 Å². The van der Waals surface area contributed by atoms with Gasteiger partial charge in [-0.1, -0.05) is 0 Å². The van der Waals surface area contributed by atoms with Crippen LogP contribution in [-0.2, 0) is 11.3 Å². The number of anilines is 1. The molecule has 1 fully saturated rings. The number of aliphatic hydroxyl groups excluding tert-OH is 3. The fraction of sp³-hybridized carbons (Fsp3) is 0.421. The molecule has 0 saturated carbocycles. The van der Waals surface area contributed by atoms with E-state index in [1.807, 2.05) is 18.2 Å². The number of rotatable bonds is 7. The van der Waals surface area contributed by atoms with E-state index in [1.165, 1.54) is 17.2 Å². The average Bonchev–Trinajstić information content (AvgIpc) is 3.33. The lowest BCUT2D eigenvalue weighted by Crippen LogP contribution is -2.33. The second kappa shape index (κ2) is 8.40. The summed E-state index contributed by atoms with van der Waals surface area (Å²) >= 11 is 0. The van der Waals surface area contributed by atoms with Crippen molar-refractivity contribution in [1.82, 2.24) is 19.5 Å². The number of aliphatic hydroxyl groups is 3. The van der Waals surface area contributed by atoms with Crippen molar-refractivity contribution in [3.63, 3.8) is 0 Å². The van der Waals surface area contributed by atoms with Gasteiger partial charge in [-0.05, 0) is 18.2 Å². The van der Waals surface area contributed by atoms with E-state index in [1.54, 1.807) is 14.2 Å². The quantitative estimate of drug-likeness (QED) is 0.417. The van der Waals surface area contributed by atoms with Gasteiger partial charge in [-0.2, -0.15) is 0 Å². The van der Waals surface area contributed by atoms with Crippen LogP contribution in [0.1, 0.15) is 11.8 Å². The summed E-state index contributed by atoms with van der Waals surface area (Å²) in [6.45, 7) is -0.0152. The van der Waals surface area contributed by atoms with Gasteiger partial charge in [0.2, 0.25) is 0 Å². The third kappa shape index (κ3) is 3.52. The number of fused-ring (bicyclic) bond motifs is 1. The first-order valence-electron chi connectivity index (χ1n) is 9.32. The Labute approximate surface area is 171 Å². The maximum atomic E-state index is 10.3. The molecule has 3 heterocycles. The van der Waals surface area contributed by atoms with Crippen molar-refractivity contribution in [2.75, 3.05) is 26.1 Å². The fourth-order valence-electron chi connectivity index (χ4n) is 3.48. The molecule has 1 aliphatic heterocycles. The summed E-state index contributed by atoms with van der Waals surface area (Å²) in [6.07, 6.45) is -1.43. The monoisotopic (exact) mass is 417 g/mol. The lowest BCUT2D eigenvalue weighted by Gasteiger charge is -2.16. The van der Waals surface area contributed by atoms with Crippen LogP contribution in [0.2, 0.25) is 0 Å². The lowest BCUT2D eigenvalue weighted by molar-refractivity contribution is -0.0511. The van der Waals surface area contributed by atoms with Crippen molar-refractivity contribution in [2.24, 2.45) is 0 Å². The predicted molar refractivity (Wildman–Crippen MR) is 105 cm³/mol. The van der Waals surface area contributed by atoms with Gasteiger partial charge >= 0.3 is 0 Å². The molecule has 4 atom stereocenters. The van der Waals surface area contributed by atoms with Gasteiger partial charge in [0.1, 0.15) is 36.1 Å². The maximum absolute atomic E-state index is 10.3. The zero-order valence-electron chi connectivity index (χ0n) is 16.5. The van der Waals surface area contributed by atoms with E-state index < -0.39 is 31.1 Å². The second-order valence-corrected chi connectivity index (χ2v) is 6.81. The molecule has 0 amide bonds. The van der Waals surface area contributed by atoms with Crippen LogP contribution in [0.3, 0.4) is 0 Å². The summed E-state index contributed by atoms with van der Waals surface area (Å²) in [5.41, 5.74) is 1.75. The fourth-order valence-corrected chi connectivity index (χ4v) is 3.48. The molecular weight excluding hydrogens is 394 g/mol. The van der Waals surface area contributed by atoms with Gasteiger partial charge < -0.3 is 34.8 Å². The SMILES string of the molecule is COc1ccc(OC)c(CNc2ncnc3c2ncn3[C@@H]2O[C@H](CO)[C@@H](O)[C@@H]2O)c1. The predicted octanol–water partition coefficient (Wildman–Crippen LogP) is 0.0671. The second-order valence-electron chi connectivity index (χ2n) is 6.81. The van der Waals surface area contributed by atoms with Gasteiger partial charge in [0.25, 0.3) is 0 Å². The molecule has 0 bridgehead atoms. The first kappa shape index (κ1) is 20.3. The topological polar surface area (TPSA) is 144 Å². The summed E-state index contributed by atoms with van der Waals surface area (Å²) in [4.78, 5) is 12.9. The van der Waals surface area contributed by atoms with Crippen LogP contribution in [0.15, 0.2) is 30.9 Å². The number of hydrogen-bond donors (Lipinski definition) is 4. The number of aromatic nitrogens is 4. The number of nitrogens with zero attached hydrogens (tertiary/aromatic N) is 4. The first-order valence-corrected chi connectivity index (χ1v) is 9.32. The molecule has 1 aromatic carbocycles. The molecule has 1 aliphatic rings. The molecule has 3 aromatic rings. The number of imidazole rings is 1. The Bertz CT molecular complexity index is 1030. The molecule has 11 nitrogen and oxygen atoms in total. The van der Waals surface area contributed by atoms with E-state index >= 15 is 0 Å². The highest BCUT2D eigenvalue weighted by Gasteiger charge is 2.44. The lowest BCUT2D eigenvalue weighted by atomic mass is 10.1. The van der Waals surface area contributed by atoms with Crippen LogP contribution in [0, 0.1) is 0 Å². The van der Waals surface area contributed by atoms with Crippen LogP contribution in [0.4, 0.5) is 5.82 Å². The van der Waals surface area contributed by atoms with Crippen molar-refractivity contribution < 1.29 is 29.5 Å². The Morgan fingerprint density at radius 2 is 1.97 bits per heavy atom. The van der Waals surface area contributed by atoms with Crippen LogP contribution in [0.5, 0.6) is 11.5 Å². The molecule has 2 aromatic heterocycles. The minimum atomic E-state index is -1.23. The summed E-state index contributed by atoms with van der Waals surface area (Å²) in [5, 5.41) is 32.8. The Kier molecular flexibility index (Phi) is 5.68. The summed E-state index contributed by atoms with van der Waals surface area (Å²) in [6, 6.07) is 5.50. The van der Waals surface area contributed by atoms with Gasteiger partial charge in [-0.3, -0.25) is 4.57 Å². The molecule has 11 heteroatoms. The molecule has 0 spiro atoms. The van der Waals surface area contributed by atoms with Crippen LogP contribution in [0.25, 0.3) is 11.2 Å². The Morgan fingerprint density at radius 3 is 2.67 bits per heavy atom. The zero-order valence-corrected chi connectivity index (χ0v) is 16.5. The standard InChI is InChI=1S/C19H23N5O6/c1-28-11-3-4-12(29-2)10(5-11)6-20-17-14-18(22-8-21-17)24(9-23-14)19-16(27)15(26)13(7-25)30-19/h3-5,8-9,13,15-16,19,25-27H,6-7H2,1-2H3,(H,20,21,22)/t13-,15-,16+,19-/m1/s1. The van der Waals surface area contributed by atoms with Crippen molar-refractivity contribution >= 4 is 17.0 Å². The molecule has 0 aliphatic carbocycles. The highest BCUT2D eigenvalue weighted by Crippen LogP contribution is 2.32. The third-order valence-electron chi connectivity index (χ3n) is 5.08. The van der Waals surface area contributed by atoms with Crippen molar-refractivity contribution in [3.8, 4) is 11.5 Å². The van der Waals surface area contributed by atoms with Gasteiger partial charge in [-0.15, -0.1) is 0 Å². The highest BCUT2D eigenvalue weighted by atomic mass is 16.6. The molecule has 30 heavy (non-hydrogen) atoms. The van der Waals surface area contributed by atoms with Crippen molar-refractivity contribution in [3.05, 3.63) is 36.4 Å². The van der Waals surface area contributed by atoms with E-state index in [9.17, 15) is 15.3 Å². The molecule has 160 valence electrons. The average molecular weight is 417 g/mol. The molecule has 0 unspecified atom stereocenters. The van der Waals surface area contributed by atoms with E-state index in [4.69, 9.17) is 14.2 Å². The molecule has 4 rings (SSSR count). The van der Waals surface area contributed by atoms with E-state index in [-0.39, 0.29) is 0 Å². The molecular formula is C19H23N5O6. The largest absolute Gasteiger partial charge is 0.497 e. The van der Waals surface area contributed by atoms with Crippen LogP contribution >= 0.6 is 0 Å². The smallest absolute Gasteiger partial charge is 0.167 e. The van der Waals surface area contributed by atoms with Gasteiger partial charge in [-0.25, -0.2) is 15.0 Å². The Balaban J connectivity index is 1.60. The first-order chi connectivity index (χ1) is 14.6. The normalized spacial score (nSPS) is 23.6. The maximum Gasteiger partial charge on any atom is 0.167 e. The van der Waals surface area contributed by atoms with E-state index in [0.29, 0.717) is 35.0 Å². The van der Waals surface area contributed by atoms with E-state index in [0.717, 1.165) is 5.56 Å². The summed E-state index contributed by atoms with van der Waals surface area (Å²) < 4.78 is 17.8. The number of methoxy groups -OCH3 is 2. The van der Waals surface area contributed by atoms with Crippen LogP contribution < -0.4 is 14.8 Å². The summed E-state index contributed by atoms with van der Waals surface area (Å²) in [7, 11) is 3.19. The Hall–Kier alpha value is -2.99. The number of hydrogen-bond acceptors (Lipinski definition) is 10. The van der Waals surface area contributed by atoms with Gasteiger partial charge in [0.15, 0.2) is 23.2 Å². The van der Waals surface area contributed by atoms with E-state index in [2.05, 4.69) is 20.3 Å². The van der Waals surface area contributed by atoms with Gasteiger partial charge in [0.05, 0.1) is 27.2 Å². The zero-order chi connectivity index (χ0) is 21.3. The number of ether oxygens (including phenoxy) is 3. The van der Waals surface area contributed by atoms with Gasteiger partial charge in [0, 0.05) is 12.1 Å². The van der Waals surface area contributed by atoms with Crippen molar-refractivity contribution in [1.29, 1.82) is 0 Å². The molecule has 0 radical (unpaired) electrons. The Morgan fingerprint density at radius 1 is 1.13 bits per heavy atom. The minimum Gasteiger partial charge on any atom is -0.497 e. The number of benzene rings is 1. The minimum absolute atomic E-state index is 0.396. The van der Waals surface area contributed by atoms with Crippen molar-refractivity contribution in [2.45, 2.75) is 31.1 Å². The summed E-state index contributed by atoms with van der Waals surface area (Å²) in [5.74, 6) is 1.88.